The third-order valence-electron chi connectivity index (χ3n) is 7.54. The fraction of sp³-hybridized carbons (Fsp3) is 0.811. The van der Waals surface area contributed by atoms with Crippen molar-refractivity contribution < 1.29 is 46.4 Å². The number of hydrogen-bond acceptors (Lipinski definition) is 12. The van der Waals surface area contributed by atoms with E-state index in [1.807, 2.05) is 113 Å². The predicted octanol–water partition coefficient (Wildman–Crippen LogP) is 10.0. The summed E-state index contributed by atoms with van der Waals surface area (Å²) in [5.74, 6) is -2.34. The highest BCUT2D eigenvalue weighted by Gasteiger charge is 2.53. The van der Waals surface area contributed by atoms with E-state index in [1.54, 1.807) is 44.7 Å². The highest BCUT2D eigenvalue weighted by atomic mass is 31.2. The summed E-state index contributed by atoms with van der Waals surface area (Å²) in [5, 5.41) is 3.24. The monoisotopic (exact) mass is 764 g/mol. The lowest BCUT2D eigenvalue weighted by Gasteiger charge is -2.48. The van der Waals surface area contributed by atoms with Crippen LogP contribution in [0.15, 0.2) is 30.3 Å². The number of carbonyl (C=O) groups excluding carboxylic acids is 1. The van der Waals surface area contributed by atoms with Crippen LogP contribution in [-0.4, -0.2) is 77.9 Å². The summed E-state index contributed by atoms with van der Waals surface area (Å²) in [5.41, 5.74) is -1.96. The van der Waals surface area contributed by atoms with Gasteiger partial charge in [-0.1, -0.05) is 71.9 Å². The summed E-state index contributed by atoms with van der Waals surface area (Å²) in [6.07, 6.45) is -1.92. The van der Waals surface area contributed by atoms with Crippen LogP contribution in [0.4, 0.5) is 0 Å². The van der Waals surface area contributed by atoms with Gasteiger partial charge in [0.2, 0.25) is 0 Å². The molecule has 12 nitrogen and oxygen atoms in total. The predicted molar refractivity (Wildman–Crippen MR) is 203 cm³/mol. The molecule has 0 aromatic heterocycles. The molecule has 0 saturated carbocycles. The Morgan fingerprint density at radius 3 is 1.29 bits per heavy atom. The smallest absolute Gasteiger partial charge is 0.350 e. The van der Waals surface area contributed by atoms with Gasteiger partial charge in [0.05, 0.1) is 26.4 Å². The molecule has 0 heterocycles. The molecule has 51 heavy (non-hydrogen) atoms. The number of hydroxylamine groups is 4. The van der Waals surface area contributed by atoms with E-state index in [1.165, 1.54) is 0 Å². The van der Waals surface area contributed by atoms with E-state index in [4.69, 9.17) is 32.5 Å². The van der Waals surface area contributed by atoms with Gasteiger partial charge in [0.25, 0.3) is 0 Å². The molecular formula is C37H70N2O10P2. The number of ether oxygens (including phenoxy) is 1. The van der Waals surface area contributed by atoms with Gasteiger partial charge in [-0.15, -0.1) is 0 Å². The zero-order chi connectivity index (χ0) is 39.6. The molecule has 0 N–H and O–H groups in total. The molecule has 1 rings (SSSR count). The second-order valence-corrected chi connectivity index (χ2v) is 20.8. The summed E-state index contributed by atoms with van der Waals surface area (Å²) in [6.45, 7) is 32.4. The van der Waals surface area contributed by atoms with Crippen LogP contribution >= 0.6 is 15.2 Å². The van der Waals surface area contributed by atoms with Crippen molar-refractivity contribution >= 4 is 21.2 Å². The molecule has 4 unspecified atom stereocenters. The first kappa shape index (κ1) is 47.9. The Balaban J connectivity index is 3.60. The fourth-order valence-electron chi connectivity index (χ4n) is 5.63. The van der Waals surface area contributed by atoms with Crippen LogP contribution in [0.1, 0.15) is 129 Å². The quantitative estimate of drug-likeness (QED) is 0.0713. The van der Waals surface area contributed by atoms with Crippen molar-refractivity contribution in [3.63, 3.8) is 0 Å². The molecule has 0 amide bonds. The standard InChI is InChI=1S/C37H70N2O10P2/c1-18-44-50(41,45-19-2)32(34(6,7)8)38(36(12,13)14)48-28(5)31(40)43-27-30(29-25-23-22-24-26-29)49-39(37(15,16)17)33(35(9,10)11)51(42,46-20-3)47-21-4/h22-26,28,30,32-33H,18-21,27H2,1-17H3. The average Bonchev–Trinajstić information content (AvgIpc) is 2.96. The summed E-state index contributed by atoms with van der Waals surface area (Å²) >= 11 is 0. The van der Waals surface area contributed by atoms with Crippen molar-refractivity contribution in [2.24, 2.45) is 10.8 Å². The van der Waals surface area contributed by atoms with E-state index < -0.39 is 66.8 Å². The molecule has 1 aromatic rings. The first-order chi connectivity index (χ1) is 23.2. The van der Waals surface area contributed by atoms with Gasteiger partial charge >= 0.3 is 21.2 Å². The maximum absolute atomic E-state index is 14.5. The van der Waals surface area contributed by atoms with Gasteiger partial charge in [0.1, 0.15) is 24.3 Å². The van der Waals surface area contributed by atoms with Crippen molar-refractivity contribution in [2.45, 2.75) is 153 Å². The summed E-state index contributed by atoms with van der Waals surface area (Å²) in [6, 6.07) is 9.39. The van der Waals surface area contributed by atoms with Crippen LogP contribution in [0.5, 0.6) is 0 Å². The number of benzene rings is 1. The number of nitrogens with zero attached hydrogens (tertiary/aromatic N) is 2. The van der Waals surface area contributed by atoms with E-state index in [0.29, 0.717) is 0 Å². The van der Waals surface area contributed by atoms with Crippen LogP contribution in [0.2, 0.25) is 0 Å². The van der Waals surface area contributed by atoms with Crippen LogP contribution in [0.25, 0.3) is 0 Å². The first-order valence-corrected chi connectivity index (χ1v) is 21.4. The third kappa shape index (κ3) is 13.9. The van der Waals surface area contributed by atoms with Gasteiger partial charge in [-0.25, -0.2) is 4.79 Å². The summed E-state index contributed by atoms with van der Waals surface area (Å²) < 4.78 is 58.1. The Hall–Kier alpha value is -1.17. The highest BCUT2D eigenvalue weighted by molar-refractivity contribution is 7.55. The number of rotatable bonds is 20. The minimum Gasteiger partial charge on any atom is -0.460 e. The highest BCUT2D eigenvalue weighted by Crippen LogP contribution is 2.62. The Bertz CT molecular complexity index is 1270. The van der Waals surface area contributed by atoms with Gasteiger partial charge in [-0.2, -0.15) is 10.1 Å². The molecular weight excluding hydrogens is 694 g/mol. The van der Waals surface area contributed by atoms with Gasteiger partial charge in [0.15, 0.2) is 6.10 Å². The second kappa shape index (κ2) is 19.4. The molecule has 1 aromatic carbocycles. The van der Waals surface area contributed by atoms with Gasteiger partial charge in [-0.05, 0) is 92.6 Å². The van der Waals surface area contributed by atoms with E-state index in [-0.39, 0.29) is 33.0 Å². The number of esters is 1. The van der Waals surface area contributed by atoms with E-state index in [2.05, 4.69) is 0 Å². The summed E-state index contributed by atoms with van der Waals surface area (Å²) in [4.78, 5) is 26.9. The lowest BCUT2D eigenvalue weighted by molar-refractivity contribution is -0.280. The van der Waals surface area contributed by atoms with Crippen molar-refractivity contribution in [3.05, 3.63) is 35.9 Å². The molecule has 0 aliphatic carbocycles. The molecule has 0 spiro atoms. The molecule has 0 bridgehead atoms. The topological polar surface area (TPSA) is 122 Å². The van der Waals surface area contributed by atoms with Crippen LogP contribution < -0.4 is 0 Å². The third-order valence-corrected chi connectivity index (χ3v) is 13.2. The molecule has 0 saturated heterocycles. The first-order valence-electron chi connectivity index (χ1n) is 18.1. The molecule has 0 radical (unpaired) electrons. The Morgan fingerprint density at radius 2 is 0.980 bits per heavy atom. The SMILES string of the molecule is CCOP(=O)(OCC)C(N(OC(C)C(=O)OCC(ON(C(C(C)(C)C)P(=O)(OCC)OCC)C(C)(C)C)c1ccccc1)C(C)(C)C)C(C)(C)C. The van der Waals surface area contributed by atoms with E-state index in [0.717, 1.165) is 5.56 Å². The van der Waals surface area contributed by atoms with Gasteiger partial charge < -0.3 is 22.8 Å². The number of hydrogen-bond donors (Lipinski definition) is 0. The maximum Gasteiger partial charge on any atom is 0.350 e. The average molecular weight is 765 g/mol. The Kier molecular flexibility index (Phi) is 18.2. The second-order valence-electron chi connectivity index (χ2n) is 16.6. The fourth-order valence-corrected chi connectivity index (χ4v) is 11.0. The van der Waals surface area contributed by atoms with Crippen molar-refractivity contribution in [1.29, 1.82) is 0 Å². The summed E-state index contributed by atoms with van der Waals surface area (Å²) in [7, 11) is -7.52. The molecule has 0 fully saturated rings. The lowest BCUT2D eigenvalue weighted by Crippen LogP contribution is -2.55. The number of carbonyl (C=O) groups is 1. The van der Waals surface area contributed by atoms with Gasteiger partial charge in [0, 0.05) is 11.1 Å². The molecule has 4 atom stereocenters. The van der Waals surface area contributed by atoms with Crippen LogP contribution in [0, 0.1) is 10.8 Å². The zero-order valence-electron chi connectivity index (χ0n) is 34.6. The molecule has 14 heteroatoms. The van der Waals surface area contributed by atoms with Crippen molar-refractivity contribution in [2.75, 3.05) is 33.0 Å². The lowest BCUT2D eigenvalue weighted by atomic mass is 9.94. The minimum atomic E-state index is -3.76. The van der Waals surface area contributed by atoms with E-state index >= 15 is 0 Å². The maximum atomic E-state index is 14.5. The van der Waals surface area contributed by atoms with Crippen LogP contribution in [-0.2, 0) is 46.4 Å². The Morgan fingerprint density at radius 1 is 0.627 bits per heavy atom. The Labute approximate surface area is 309 Å². The van der Waals surface area contributed by atoms with Crippen molar-refractivity contribution in [1.82, 2.24) is 10.1 Å². The van der Waals surface area contributed by atoms with E-state index in [9.17, 15) is 13.9 Å². The molecule has 0 aliphatic heterocycles. The normalized spacial score (nSPS) is 16.3. The minimum absolute atomic E-state index is 0.173. The molecule has 298 valence electrons. The largest absolute Gasteiger partial charge is 0.460 e. The van der Waals surface area contributed by atoms with Crippen LogP contribution in [0.3, 0.4) is 0 Å². The van der Waals surface area contributed by atoms with Crippen molar-refractivity contribution in [3.8, 4) is 0 Å². The zero-order valence-corrected chi connectivity index (χ0v) is 36.4. The molecule has 0 aliphatic rings. The van der Waals surface area contributed by atoms with Gasteiger partial charge in [-0.3, -0.25) is 18.8 Å².